The van der Waals surface area contributed by atoms with Crippen LogP contribution in [-0.2, 0) is 6.54 Å². The van der Waals surface area contributed by atoms with E-state index in [9.17, 15) is 5.11 Å². The quantitative estimate of drug-likeness (QED) is 0.812. The Morgan fingerprint density at radius 1 is 1.35 bits per heavy atom. The van der Waals surface area contributed by atoms with Gasteiger partial charge in [-0.3, -0.25) is 0 Å². The Morgan fingerprint density at radius 2 is 2.06 bits per heavy atom. The Morgan fingerprint density at radius 3 is 2.65 bits per heavy atom. The fraction of sp³-hybridized carbons (Fsp3) is 0.769. The molecule has 0 bridgehead atoms. The van der Waals surface area contributed by atoms with Gasteiger partial charge in [-0.05, 0) is 19.8 Å². The maximum absolute atomic E-state index is 10.5. The fourth-order valence-corrected chi connectivity index (χ4v) is 3.23. The van der Waals surface area contributed by atoms with Crippen LogP contribution in [0.25, 0.3) is 0 Å². The van der Waals surface area contributed by atoms with E-state index in [0.717, 1.165) is 37.2 Å². The third-order valence-corrected chi connectivity index (χ3v) is 4.37. The third kappa shape index (κ3) is 4.05. The van der Waals surface area contributed by atoms with Crippen molar-refractivity contribution in [2.24, 2.45) is 0 Å². The van der Waals surface area contributed by atoms with Crippen molar-refractivity contribution in [1.82, 2.24) is 10.3 Å². The normalized spacial score (nSPS) is 20.1. The lowest BCUT2D eigenvalue weighted by Crippen LogP contribution is -2.39. The smallest absolute Gasteiger partial charge is 0.0897 e. The molecule has 1 aromatic rings. The SMILES string of the molecule is Cc1ncc(CNCC2(O)CCCCCC2)s1. The summed E-state index contributed by atoms with van der Waals surface area (Å²) in [5.74, 6) is 0. The molecule has 1 fully saturated rings. The number of thiazole rings is 1. The molecule has 2 N–H and O–H groups in total. The highest BCUT2D eigenvalue weighted by atomic mass is 32.1. The molecular weight excluding hydrogens is 232 g/mol. The van der Waals surface area contributed by atoms with Crippen LogP contribution < -0.4 is 5.32 Å². The minimum absolute atomic E-state index is 0.476. The first-order chi connectivity index (χ1) is 8.18. The van der Waals surface area contributed by atoms with Crippen molar-refractivity contribution in [3.8, 4) is 0 Å². The Labute approximate surface area is 107 Å². The molecule has 1 heterocycles. The van der Waals surface area contributed by atoms with Gasteiger partial charge in [-0.1, -0.05) is 25.7 Å². The summed E-state index contributed by atoms with van der Waals surface area (Å²) in [7, 11) is 0. The van der Waals surface area contributed by atoms with Crippen molar-refractivity contribution < 1.29 is 5.11 Å². The summed E-state index contributed by atoms with van der Waals surface area (Å²) in [5.41, 5.74) is -0.476. The highest BCUT2D eigenvalue weighted by Gasteiger charge is 2.27. The lowest BCUT2D eigenvalue weighted by atomic mass is 9.94. The average molecular weight is 254 g/mol. The van der Waals surface area contributed by atoms with E-state index in [1.807, 2.05) is 13.1 Å². The number of hydrogen-bond donors (Lipinski definition) is 2. The Kier molecular flexibility index (Phi) is 4.54. The summed E-state index contributed by atoms with van der Waals surface area (Å²) in [6, 6.07) is 0. The molecule has 1 aliphatic carbocycles. The Hall–Kier alpha value is -0.450. The molecule has 17 heavy (non-hydrogen) atoms. The molecule has 1 saturated carbocycles. The van der Waals surface area contributed by atoms with Crippen LogP contribution in [0.2, 0.25) is 0 Å². The van der Waals surface area contributed by atoms with Gasteiger partial charge in [-0.25, -0.2) is 4.98 Å². The number of aryl methyl sites for hydroxylation is 1. The second kappa shape index (κ2) is 5.94. The molecule has 0 aromatic carbocycles. The lowest BCUT2D eigenvalue weighted by Gasteiger charge is -2.26. The van der Waals surface area contributed by atoms with E-state index in [0.29, 0.717) is 6.54 Å². The van der Waals surface area contributed by atoms with Gasteiger partial charge in [0.15, 0.2) is 0 Å². The van der Waals surface area contributed by atoms with Crippen LogP contribution in [0.4, 0.5) is 0 Å². The van der Waals surface area contributed by atoms with Crippen LogP contribution in [0, 0.1) is 6.92 Å². The zero-order valence-electron chi connectivity index (χ0n) is 10.5. The van der Waals surface area contributed by atoms with E-state index < -0.39 is 5.60 Å². The first kappa shape index (κ1) is 13.0. The predicted molar refractivity (Wildman–Crippen MR) is 71.2 cm³/mol. The number of aromatic nitrogens is 1. The molecular formula is C13H22N2OS. The predicted octanol–water partition coefficient (Wildman–Crippen LogP) is 2.63. The van der Waals surface area contributed by atoms with E-state index in [4.69, 9.17) is 0 Å². The number of nitrogens with zero attached hydrogens (tertiary/aromatic N) is 1. The first-order valence-electron chi connectivity index (χ1n) is 6.52. The second-order valence-electron chi connectivity index (χ2n) is 5.09. The largest absolute Gasteiger partial charge is 0.389 e. The van der Waals surface area contributed by atoms with Crippen LogP contribution in [0.1, 0.15) is 48.4 Å². The highest BCUT2D eigenvalue weighted by Crippen LogP contribution is 2.26. The summed E-state index contributed by atoms with van der Waals surface area (Å²) >= 11 is 1.72. The molecule has 0 aliphatic heterocycles. The number of hydrogen-bond acceptors (Lipinski definition) is 4. The lowest BCUT2D eigenvalue weighted by molar-refractivity contribution is 0.0251. The molecule has 1 aliphatic rings. The van der Waals surface area contributed by atoms with Crippen molar-refractivity contribution in [2.45, 2.75) is 57.6 Å². The minimum Gasteiger partial charge on any atom is -0.389 e. The van der Waals surface area contributed by atoms with E-state index in [1.54, 1.807) is 11.3 Å². The summed E-state index contributed by atoms with van der Waals surface area (Å²) in [5, 5.41) is 14.9. The van der Waals surface area contributed by atoms with E-state index in [-0.39, 0.29) is 0 Å². The van der Waals surface area contributed by atoms with Gasteiger partial charge in [-0.15, -0.1) is 11.3 Å². The maximum atomic E-state index is 10.5. The maximum Gasteiger partial charge on any atom is 0.0897 e. The summed E-state index contributed by atoms with van der Waals surface area (Å²) in [6.07, 6.45) is 8.69. The first-order valence-corrected chi connectivity index (χ1v) is 7.34. The number of rotatable bonds is 4. The molecule has 1 aromatic heterocycles. The number of aliphatic hydroxyl groups is 1. The summed E-state index contributed by atoms with van der Waals surface area (Å²) < 4.78 is 0. The zero-order chi connectivity index (χ0) is 12.1. The second-order valence-corrected chi connectivity index (χ2v) is 6.41. The highest BCUT2D eigenvalue weighted by molar-refractivity contribution is 7.11. The summed E-state index contributed by atoms with van der Waals surface area (Å²) in [6.45, 7) is 3.56. The van der Waals surface area contributed by atoms with Gasteiger partial charge in [0, 0.05) is 24.2 Å². The van der Waals surface area contributed by atoms with Crippen molar-refractivity contribution in [2.75, 3.05) is 6.54 Å². The monoisotopic (exact) mass is 254 g/mol. The fourth-order valence-electron chi connectivity index (χ4n) is 2.47. The zero-order valence-corrected chi connectivity index (χ0v) is 11.4. The molecule has 0 atom stereocenters. The minimum atomic E-state index is -0.476. The van der Waals surface area contributed by atoms with Crippen LogP contribution >= 0.6 is 11.3 Å². The van der Waals surface area contributed by atoms with Gasteiger partial charge in [0.2, 0.25) is 0 Å². The van der Waals surface area contributed by atoms with Gasteiger partial charge in [0.25, 0.3) is 0 Å². The van der Waals surface area contributed by atoms with Crippen molar-refractivity contribution >= 4 is 11.3 Å². The topological polar surface area (TPSA) is 45.2 Å². The molecule has 0 amide bonds. The number of nitrogens with one attached hydrogen (secondary N) is 1. The van der Waals surface area contributed by atoms with Gasteiger partial charge in [-0.2, -0.15) is 0 Å². The molecule has 2 rings (SSSR count). The van der Waals surface area contributed by atoms with Crippen molar-refractivity contribution in [3.63, 3.8) is 0 Å². The van der Waals surface area contributed by atoms with Crippen molar-refractivity contribution in [3.05, 3.63) is 16.1 Å². The van der Waals surface area contributed by atoms with Crippen LogP contribution in [-0.4, -0.2) is 22.2 Å². The van der Waals surface area contributed by atoms with Gasteiger partial charge in [0.1, 0.15) is 0 Å². The van der Waals surface area contributed by atoms with E-state index >= 15 is 0 Å². The van der Waals surface area contributed by atoms with Crippen LogP contribution in [0.3, 0.4) is 0 Å². The third-order valence-electron chi connectivity index (χ3n) is 3.46. The summed E-state index contributed by atoms with van der Waals surface area (Å²) in [4.78, 5) is 5.48. The standard InChI is InChI=1S/C13H22N2OS/c1-11-15-9-12(17-11)8-14-10-13(16)6-4-2-3-5-7-13/h9,14,16H,2-8,10H2,1H3. The molecule has 4 heteroatoms. The van der Waals surface area contributed by atoms with Gasteiger partial charge >= 0.3 is 0 Å². The molecule has 0 saturated heterocycles. The van der Waals surface area contributed by atoms with Crippen LogP contribution in [0.15, 0.2) is 6.20 Å². The molecule has 0 radical (unpaired) electrons. The molecule has 0 spiro atoms. The Balaban J connectivity index is 1.76. The van der Waals surface area contributed by atoms with Crippen LogP contribution in [0.5, 0.6) is 0 Å². The van der Waals surface area contributed by atoms with Gasteiger partial charge in [0.05, 0.1) is 10.6 Å². The molecule has 3 nitrogen and oxygen atoms in total. The Bertz CT molecular complexity index is 343. The van der Waals surface area contributed by atoms with E-state index in [1.165, 1.54) is 17.7 Å². The average Bonchev–Trinajstić information content (AvgIpc) is 2.58. The van der Waals surface area contributed by atoms with Crippen molar-refractivity contribution in [1.29, 1.82) is 0 Å². The molecule has 0 unspecified atom stereocenters. The van der Waals surface area contributed by atoms with E-state index in [2.05, 4.69) is 10.3 Å². The molecule has 96 valence electrons. The van der Waals surface area contributed by atoms with Gasteiger partial charge < -0.3 is 10.4 Å².